The second-order valence-corrected chi connectivity index (χ2v) is 4.07. The first-order chi connectivity index (χ1) is 7.40. The Bertz CT molecular complexity index is 322. The second-order valence-electron chi connectivity index (χ2n) is 4.07. The molecule has 0 unspecified atom stereocenters. The number of fused-ring (bicyclic) bond motifs is 1. The number of aryl methyl sites for hydroxylation is 1. The van der Waals surface area contributed by atoms with Crippen LogP contribution in [0.15, 0.2) is 18.2 Å². The van der Waals surface area contributed by atoms with Gasteiger partial charge in [-0.25, -0.2) is 0 Å². The van der Waals surface area contributed by atoms with E-state index in [1.807, 2.05) is 0 Å². The third kappa shape index (κ3) is 2.72. The normalized spacial score (nSPS) is 14.5. The van der Waals surface area contributed by atoms with Crippen LogP contribution in [0.3, 0.4) is 0 Å². The largest absolute Gasteiger partial charge is 0.385 e. The molecule has 1 aliphatic rings. The van der Waals surface area contributed by atoms with E-state index in [1.54, 1.807) is 0 Å². The van der Waals surface area contributed by atoms with Gasteiger partial charge in [-0.2, -0.15) is 0 Å². The van der Waals surface area contributed by atoms with E-state index in [1.165, 1.54) is 29.7 Å². The van der Waals surface area contributed by atoms with E-state index < -0.39 is 0 Å². The molecule has 1 heterocycles. The van der Waals surface area contributed by atoms with Gasteiger partial charge in [0.15, 0.2) is 0 Å². The Balaban J connectivity index is 2.00. The van der Waals surface area contributed by atoms with Gasteiger partial charge in [0, 0.05) is 18.8 Å². The molecule has 2 rings (SSSR count). The van der Waals surface area contributed by atoms with E-state index in [0.29, 0.717) is 0 Å². The highest BCUT2D eigenvalue weighted by Crippen LogP contribution is 2.23. The summed E-state index contributed by atoms with van der Waals surface area (Å²) in [4.78, 5) is 0. The van der Waals surface area contributed by atoms with Crippen LogP contribution in [0, 0.1) is 0 Å². The lowest BCUT2D eigenvalue weighted by atomic mass is 10.0. The number of hydrogen-bond donors (Lipinski definition) is 1. The van der Waals surface area contributed by atoms with Gasteiger partial charge in [-0.15, -0.1) is 0 Å². The zero-order valence-electron chi connectivity index (χ0n) is 9.38. The summed E-state index contributed by atoms with van der Waals surface area (Å²) in [5, 5.41) is 3.44. The molecule has 0 aliphatic carbocycles. The number of nitrogens with one attached hydrogen (secondary N) is 1. The molecular formula is C13H19NO. The van der Waals surface area contributed by atoms with Crippen LogP contribution in [-0.2, 0) is 17.8 Å². The predicted octanol–water partition coefficient (Wildman–Crippen LogP) is 2.97. The zero-order valence-corrected chi connectivity index (χ0v) is 9.38. The van der Waals surface area contributed by atoms with Gasteiger partial charge < -0.3 is 10.1 Å². The Labute approximate surface area is 91.6 Å². The maximum absolute atomic E-state index is 5.53. The fourth-order valence-corrected chi connectivity index (χ4v) is 1.93. The number of rotatable bonds is 4. The van der Waals surface area contributed by atoms with Crippen molar-refractivity contribution in [2.75, 3.05) is 18.5 Å². The SMILES string of the molecule is CCCOCc1ccc2c(c1)NCCC2. The molecule has 0 spiro atoms. The summed E-state index contributed by atoms with van der Waals surface area (Å²) in [5.41, 5.74) is 4.02. The predicted molar refractivity (Wildman–Crippen MR) is 63.2 cm³/mol. The van der Waals surface area contributed by atoms with Gasteiger partial charge in [-0.1, -0.05) is 19.1 Å². The average molecular weight is 205 g/mol. The monoisotopic (exact) mass is 205 g/mol. The van der Waals surface area contributed by atoms with Gasteiger partial charge in [0.25, 0.3) is 0 Å². The Morgan fingerprint density at radius 2 is 2.33 bits per heavy atom. The lowest BCUT2D eigenvalue weighted by molar-refractivity contribution is 0.121. The summed E-state index contributed by atoms with van der Waals surface area (Å²) in [6.45, 7) is 4.83. The standard InChI is InChI=1S/C13H19NO/c1-2-8-15-10-11-5-6-12-4-3-7-14-13(12)9-11/h5-6,9,14H,2-4,7-8,10H2,1H3. The molecule has 1 aromatic carbocycles. The lowest BCUT2D eigenvalue weighted by Gasteiger charge is -2.18. The van der Waals surface area contributed by atoms with E-state index in [2.05, 4.69) is 30.4 Å². The molecule has 0 radical (unpaired) electrons. The molecule has 0 saturated carbocycles. The minimum atomic E-state index is 0.739. The van der Waals surface area contributed by atoms with E-state index in [9.17, 15) is 0 Å². The summed E-state index contributed by atoms with van der Waals surface area (Å²) in [7, 11) is 0. The van der Waals surface area contributed by atoms with Crippen LogP contribution in [0.4, 0.5) is 5.69 Å². The van der Waals surface area contributed by atoms with Crippen LogP contribution >= 0.6 is 0 Å². The first-order valence-corrected chi connectivity index (χ1v) is 5.83. The van der Waals surface area contributed by atoms with Crippen LogP contribution in [0.2, 0.25) is 0 Å². The summed E-state index contributed by atoms with van der Waals surface area (Å²) >= 11 is 0. The molecule has 0 amide bonds. The molecule has 1 N–H and O–H groups in total. The Hall–Kier alpha value is -1.02. The summed E-state index contributed by atoms with van der Waals surface area (Å²) < 4.78 is 5.53. The van der Waals surface area contributed by atoms with Crippen LogP contribution in [0.1, 0.15) is 30.9 Å². The summed E-state index contributed by atoms with van der Waals surface area (Å²) in [6, 6.07) is 6.64. The van der Waals surface area contributed by atoms with Crippen molar-refractivity contribution in [2.24, 2.45) is 0 Å². The van der Waals surface area contributed by atoms with Crippen molar-refractivity contribution in [3.05, 3.63) is 29.3 Å². The number of benzene rings is 1. The van der Waals surface area contributed by atoms with Gasteiger partial charge in [0.2, 0.25) is 0 Å². The van der Waals surface area contributed by atoms with Crippen molar-refractivity contribution in [3.63, 3.8) is 0 Å². The second kappa shape index (κ2) is 5.17. The van der Waals surface area contributed by atoms with Crippen LogP contribution in [0.5, 0.6) is 0 Å². The van der Waals surface area contributed by atoms with E-state index in [0.717, 1.165) is 26.2 Å². The molecule has 0 fully saturated rings. The molecule has 0 bridgehead atoms. The van der Waals surface area contributed by atoms with Gasteiger partial charge in [0.1, 0.15) is 0 Å². The first-order valence-electron chi connectivity index (χ1n) is 5.83. The molecule has 1 aromatic rings. The molecule has 0 atom stereocenters. The van der Waals surface area contributed by atoms with Crippen molar-refractivity contribution in [2.45, 2.75) is 32.8 Å². The molecule has 2 nitrogen and oxygen atoms in total. The maximum Gasteiger partial charge on any atom is 0.0717 e. The molecule has 0 aromatic heterocycles. The zero-order chi connectivity index (χ0) is 10.5. The smallest absolute Gasteiger partial charge is 0.0717 e. The molecule has 2 heteroatoms. The van der Waals surface area contributed by atoms with Crippen molar-refractivity contribution >= 4 is 5.69 Å². The third-order valence-corrected chi connectivity index (χ3v) is 2.73. The highest BCUT2D eigenvalue weighted by molar-refractivity contribution is 5.54. The Morgan fingerprint density at radius 3 is 3.20 bits per heavy atom. The van der Waals surface area contributed by atoms with Gasteiger partial charge in [-0.05, 0) is 36.5 Å². The van der Waals surface area contributed by atoms with E-state index in [-0.39, 0.29) is 0 Å². The minimum Gasteiger partial charge on any atom is -0.385 e. The topological polar surface area (TPSA) is 21.3 Å². The van der Waals surface area contributed by atoms with Gasteiger partial charge in [-0.3, -0.25) is 0 Å². The molecule has 15 heavy (non-hydrogen) atoms. The molecule has 0 saturated heterocycles. The van der Waals surface area contributed by atoms with Crippen molar-refractivity contribution in [1.82, 2.24) is 0 Å². The van der Waals surface area contributed by atoms with E-state index in [4.69, 9.17) is 4.74 Å². The maximum atomic E-state index is 5.53. The fraction of sp³-hybridized carbons (Fsp3) is 0.538. The molecular weight excluding hydrogens is 186 g/mol. The van der Waals surface area contributed by atoms with Crippen molar-refractivity contribution in [1.29, 1.82) is 0 Å². The van der Waals surface area contributed by atoms with E-state index >= 15 is 0 Å². The van der Waals surface area contributed by atoms with Gasteiger partial charge >= 0.3 is 0 Å². The van der Waals surface area contributed by atoms with Gasteiger partial charge in [0.05, 0.1) is 6.61 Å². The van der Waals surface area contributed by atoms with Crippen molar-refractivity contribution in [3.8, 4) is 0 Å². The molecule has 82 valence electrons. The first kappa shape index (κ1) is 10.5. The fourth-order valence-electron chi connectivity index (χ4n) is 1.93. The molecule has 1 aliphatic heterocycles. The van der Waals surface area contributed by atoms with Crippen molar-refractivity contribution < 1.29 is 4.74 Å². The lowest BCUT2D eigenvalue weighted by Crippen LogP contribution is -2.11. The highest BCUT2D eigenvalue weighted by atomic mass is 16.5. The number of hydrogen-bond acceptors (Lipinski definition) is 2. The Kier molecular flexibility index (Phi) is 3.62. The third-order valence-electron chi connectivity index (χ3n) is 2.73. The number of anilines is 1. The number of ether oxygens (including phenoxy) is 1. The minimum absolute atomic E-state index is 0.739. The quantitative estimate of drug-likeness (QED) is 0.763. The Morgan fingerprint density at radius 1 is 1.40 bits per heavy atom. The highest BCUT2D eigenvalue weighted by Gasteiger charge is 2.08. The summed E-state index contributed by atoms with van der Waals surface area (Å²) in [6.07, 6.45) is 3.54. The summed E-state index contributed by atoms with van der Waals surface area (Å²) in [5.74, 6) is 0. The van der Waals surface area contributed by atoms with Crippen LogP contribution in [0.25, 0.3) is 0 Å². The van der Waals surface area contributed by atoms with Crippen LogP contribution < -0.4 is 5.32 Å². The average Bonchev–Trinajstić information content (AvgIpc) is 2.29. The van der Waals surface area contributed by atoms with Crippen LogP contribution in [-0.4, -0.2) is 13.2 Å².